The van der Waals surface area contributed by atoms with Crippen molar-refractivity contribution in [3.8, 4) is 0 Å². The highest BCUT2D eigenvalue weighted by molar-refractivity contribution is 5.75. The summed E-state index contributed by atoms with van der Waals surface area (Å²) in [6.45, 7) is 7.81. The number of hydrogen-bond acceptors (Lipinski definition) is 2. The number of likely N-dealkylation sites (N-methyl/N-ethyl adjacent to an activating group) is 1. The zero-order valence-electron chi connectivity index (χ0n) is 9.03. The van der Waals surface area contributed by atoms with E-state index in [1.54, 1.807) is 6.20 Å². The molecule has 0 aliphatic heterocycles. The van der Waals surface area contributed by atoms with E-state index in [0.29, 0.717) is 6.54 Å². The van der Waals surface area contributed by atoms with Gasteiger partial charge in [0.05, 0.1) is 0 Å². The van der Waals surface area contributed by atoms with Crippen LogP contribution in [0.1, 0.15) is 19.7 Å². The number of nitrogens with zero attached hydrogens (tertiary/aromatic N) is 3. The van der Waals surface area contributed by atoms with Gasteiger partial charge in [0.15, 0.2) is 0 Å². The molecular formula is C10H17N3O. The molecule has 0 aromatic carbocycles. The number of carbonyl (C=O) groups excluding carboxylic acids is 1. The van der Waals surface area contributed by atoms with Crippen LogP contribution in [0.3, 0.4) is 0 Å². The second-order valence-electron chi connectivity index (χ2n) is 3.17. The van der Waals surface area contributed by atoms with Crippen molar-refractivity contribution < 1.29 is 4.79 Å². The molecule has 1 heterocycles. The first-order chi connectivity index (χ1) is 6.69. The van der Waals surface area contributed by atoms with Gasteiger partial charge in [-0.25, -0.2) is 4.98 Å². The number of amides is 1. The van der Waals surface area contributed by atoms with E-state index in [-0.39, 0.29) is 5.91 Å². The van der Waals surface area contributed by atoms with E-state index in [1.165, 1.54) is 0 Å². The van der Waals surface area contributed by atoms with Gasteiger partial charge >= 0.3 is 0 Å². The first kappa shape index (κ1) is 10.8. The van der Waals surface area contributed by atoms with Crippen molar-refractivity contribution in [2.75, 3.05) is 13.1 Å². The number of hydrogen-bond donors (Lipinski definition) is 0. The zero-order chi connectivity index (χ0) is 10.6. The van der Waals surface area contributed by atoms with Crippen LogP contribution in [0.25, 0.3) is 0 Å². The van der Waals surface area contributed by atoms with Gasteiger partial charge in [-0.1, -0.05) is 0 Å². The summed E-state index contributed by atoms with van der Waals surface area (Å²) in [5.74, 6) is 1.03. The average Bonchev–Trinajstić information content (AvgIpc) is 2.54. The number of aryl methyl sites for hydroxylation is 1. The first-order valence-electron chi connectivity index (χ1n) is 4.94. The molecule has 1 aromatic rings. The van der Waals surface area contributed by atoms with Crippen molar-refractivity contribution in [1.29, 1.82) is 0 Å². The summed E-state index contributed by atoms with van der Waals surface area (Å²) >= 11 is 0. The van der Waals surface area contributed by atoms with Crippen LogP contribution >= 0.6 is 0 Å². The fraction of sp³-hybridized carbons (Fsp3) is 0.600. The molecule has 1 aromatic heterocycles. The number of imidazole rings is 1. The van der Waals surface area contributed by atoms with Gasteiger partial charge in [0, 0.05) is 25.5 Å². The van der Waals surface area contributed by atoms with Crippen LogP contribution in [0.15, 0.2) is 12.4 Å². The van der Waals surface area contributed by atoms with Crippen molar-refractivity contribution in [2.45, 2.75) is 27.3 Å². The molecule has 0 spiro atoms. The van der Waals surface area contributed by atoms with E-state index < -0.39 is 0 Å². The smallest absolute Gasteiger partial charge is 0.242 e. The molecule has 4 nitrogen and oxygen atoms in total. The molecule has 0 unspecified atom stereocenters. The SMILES string of the molecule is CCN(CC)C(=O)Cn1ccnc1C. The Balaban J connectivity index is 2.61. The lowest BCUT2D eigenvalue weighted by Crippen LogP contribution is -2.33. The van der Waals surface area contributed by atoms with Crippen LogP contribution in [-0.4, -0.2) is 33.4 Å². The fourth-order valence-electron chi connectivity index (χ4n) is 1.39. The molecule has 0 saturated heterocycles. The second-order valence-corrected chi connectivity index (χ2v) is 3.17. The van der Waals surface area contributed by atoms with Gasteiger partial charge < -0.3 is 9.47 Å². The molecule has 4 heteroatoms. The van der Waals surface area contributed by atoms with Gasteiger partial charge in [0.25, 0.3) is 0 Å². The lowest BCUT2D eigenvalue weighted by molar-refractivity contribution is -0.131. The van der Waals surface area contributed by atoms with Crippen LogP contribution in [-0.2, 0) is 11.3 Å². The summed E-state index contributed by atoms with van der Waals surface area (Å²) in [6, 6.07) is 0. The molecule has 0 aliphatic carbocycles. The molecule has 0 saturated carbocycles. The van der Waals surface area contributed by atoms with E-state index in [4.69, 9.17) is 0 Å². The minimum Gasteiger partial charge on any atom is -0.342 e. The van der Waals surface area contributed by atoms with Gasteiger partial charge in [0.1, 0.15) is 12.4 Å². The van der Waals surface area contributed by atoms with Gasteiger partial charge in [-0.15, -0.1) is 0 Å². The van der Waals surface area contributed by atoms with E-state index in [0.717, 1.165) is 18.9 Å². The summed E-state index contributed by atoms with van der Waals surface area (Å²) in [7, 11) is 0. The van der Waals surface area contributed by atoms with E-state index in [1.807, 2.05) is 36.4 Å². The third-order valence-corrected chi connectivity index (χ3v) is 2.35. The number of aromatic nitrogens is 2. The van der Waals surface area contributed by atoms with Crippen molar-refractivity contribution in [2.24, 2.45) is 0 Å². The normalized spacial score (nSPS) is 10.2. The molecule has 0 N–H and O–H groups in total. The maximum atomic E-state index is 11.7. The summed E-state index contributed by atoms with van der Waals surface area (Å²) in [5.41, 5.74) is 0. The zero-order valence-corrected chi connectivity index (χ0v) is 9.03. The van der Waals surface area contributed by atoms with Gasteiger partial charge in [0.2, 0.25) is 5.91 Å². The second kappa shape index (κ2) is 4.79. The molecular weight excluding hydrogens is 178 g/mol. The Labute approximate surface area is 84.5 Å². The first-order valence-corrected chi connectivity index (χ1v) is 4.94. The third kappa shape index (κ3) is 2.34. The Morgan fingerprint density at radius 3 is 2.57 bits per heavy atom. The molecule has 0 fully saturated rings. The molecule has 1 amide bonds. The van der Waals surface area contributed by atoms with Crippen molar-refractivity contribution in [3.63, 3.8) is 0 Å². The molecule has 0 radical (unpaired) electrons. The molecule has 1 rings (SSSR count). The summed E-state index contributed by atoms with van der Waals surface area (Å²) in [6.07, 6.45) is 3.54. The maximum Gasteiger partial charge on any atom is 0.242 e. The Hall–Kier alpha value is -1.32. The van der Waals surface area contributed by atoms with E-state index in [2.05, 4.69) is 4.98 Å². The largest absolute Gasteiger partial charge is 0.342 e. The topological polar surface area (TPSA) is 38.1 Å². The van der Waals surface area contributed by atoms with Gasteiger partial charge in [-0.2, -0.15) is 0 Å². The number of carbonyl (C=O) groups is 1. The Kier molecular flexibility index (Phi) is 3.68. The maximum absolute atomic E-state index is 11.7. The Morgan fingerprint density at radius 1 is 1.50 bits per heavy atom. The van der Waals surface area contributed by atoms with Crippen LogP contribution in [0.2, 0.25) is 0 Å². The third-order valence-electron chi connectivity index (χ3n) is 2.35. The van der Waals surface area contributed by atoms with Crippen LogP contribution < -0.4 is 0 Å². The highest BCUT2D eigenvalue weighted by Crippen LogP contribution is 1.98. The molecule has 14 heavy (non-hydrogen) atoms. The van der Waals surface area contributed by atoms with Crippen LogP contribution in [0.4, 0.5) is 0 Å². The summed E-state index contributed by atoms with van der Waals surface area (Å²) in [4.78, 5) is 17.6. The monoisotopic (exact) mass is 195 g/mol. The molecule has 78 valence electrons. The van der Waals surface area contributed by atoms with Crippen molar-refractivity contribution in [1.82, 2.24) is 14.5 Å². The highest BCUT2D eigenvalue weighted by Gasteiger charge is 2.10. The lowest BCUT2D eigenvalue weighted by Gasteiger charge is -2.19. The van der Waals surface area contributed by atoms with Crippen LogP contribution in [0, 0.1) is 6.92 Å². The summed E-state index contributed by atoms with van der Waals surface area (Å²) < 4.78 is 1.86. The van der Waals surface area contributed by atoms with E-state index in [9.17, 15) is 4.79 Å². The molecule has 0 aliphatic rings. The highest BCUT2D eigenvalue weighted by atomic mass is 16.2. The number of rotatable bonds is 4. The predicted octanol–water partition coefficient (Wildman–Crippen LogP) is 1.06. The minimum absolute atomic E-state index is 0.149. The average molecular weight is 195 g/mol. The fourth-order valence-corrected chi connectivity index (χ4v) is 1.39. The quantitative estimate of drug-likeness (QED) is 0.720. The standard InChI is InChI=1S/C10H17N3O/c1-4-12(5-2)10(14)8-13-7-6-11-9(13)3/h6-7H,4-5,8H2,1-3H3. The Bertz CT molecular complexity index is 302. The molecule has 0 atom stereocenters. The predicted molar refractivity (Wildman–Crippen MR) is 54.9 cm³/mol. The lowest BCUT2D eigenvalue weighted by atomic mass is 10.4. The van der Waals surface area contributed by atoms with Crippen LogP contribution in [0.5, 0.6) is 0 Å². The molecule has 0 bridgehead atoms. The van der Waals surface area contributed by atoms with Gasteiger partial charge in [-0.3, -0.25) is 4.79 Å². The minimum atomic E-state index is 0.149. The van der Waals surface area contributed by atoms with E-state index >= 15 is 0 Å². The van der Waals surface area contributed by atoms with Crippen molar-refractivity contribution >= 4 is 5.91 Å². The van der Waals surface area contributed by atoms with Gasteiger partial charge in [-0.05, 0) is 20.8 Å². The summed E-state index contributed by atoms with van der Waals surface area (Å²) in [5, 5.41) is 0. The Morgan fingerprint density at radius 2 is 2.14 bits per heavy atom. The van der Waals surface area contributed by atoms with Crippen molar-refractivity contribution in [3.05, 3.63) is 18.2 Å².